The highest BCUT2D eigenvalue weighted by Gasteiger charge is 2.16. The molecule has 0 spiro atoms. The van der Waals surface area contributed by atoms with Gasteiger partial charge in [0.1, 0.15) is 0 Å². The molecule has 0 radical (unpaired) electrons. The fraction of sp³-hybridized carbons (Fsp3) is 0.273. The molecule has 0 aliphatic rings. The second kappa shape index (κ2) is 5.63. The number of amides is 1. The second-order valence-electron chi connectivity index (χ2n) is 3.55. The van der Waals surface area contributed by atoms with Gasteiger partial charge in [-0.1, -0.05) is 24.6 Å². The maximum atomic E-state index is 13.4. The Hall–Kier alpha value is -1.62. The predicted octanol–water partition coefficient (Wildman–Crippen LogP) is 1.93. The van der Waals surface area contributed by atoms with Crippen LogP contribution in [0.15, 0.2) is 18.2 Å². The molecule has 1 amide bonds. The molecule has 2 N–H and O–H groups in total. The van der Waals surface area contributed by atoms with Gasteiger partial charge in [-0.05, 0) is 12.1 Å². The zero-order valence-corrected chi connectivity index (χ0v) is 9.79. The van der Waals surface area contributed by atoms with E-state index in [9.17, 15) is 14.0 Å². The monoisotopic (exact) mass is 259 g/mol. The van der Waals surface area contributed by atoms with E-state index in [4.69, 9.17) is 16.7 Å². The lowest BCUT2D eigenvalue weighted by Crippen LogP contribution is -2.32. The number of aliphatic carboxylic acids is 1. The number of hydrogen-bond acceptors (Lipinski definition) is 2. The van der Waals surface area contributed by atoms with Crippen LogP contribution in [0.4, 0.5) is 4.39 Å². The third kappa shape index (κ3) is 3.42. The minimum atomic E-state index is -1.03. The molecule has 0 bridgehead atoms. The number of carbonyl (C=O) groups excluding carboxylic acids is 1. The van der Waals surface area contributed by atoms with Crippen LogP contribution in [0.25, 0.3) is 0 Å². The summed E-state index contributed by atoms with van der Waals surface area (Å²) in [7, 11) is 0. The molecule has 1 atom stereocenters. The molecular formula is C11H11ClFNO3. The summed E-state index contributed by atoms with van der Waals surface area (Å²) in [5.41, 5.74) is -0.199. The SMILES string of the molecule is CC(CNC(=O)c1cccc(Cl)c1F)C(=O)O. The van der Waals surface area contributed by atoms with Crippen molar-refractivity contribution in [2.45, 2.75) is 6.92 Å². The summed E-state index contributed by atoms with van der Waals surface area (Å²) in [5.74, 6) is -3.26. The molecule has 4 nitrogen and oxygen atoms in total. The minimum absolute atomic E-state index is 0.0693. The Labute approximate surface area is 102 Å². The molecule has 0 fully saturated rings. The van der Waals surface area contributed by atoms with Crippen LogP contribution in [0.1, 0.15) is 17.3 Å². The smallest absolute Gasteiger partial charge is 0.308 e. The molecule has 1 aromatic carbocycles. The molecule has 6 heteroatoms. The van der Waals surface area contributed by atoms with Crippen molar-refractivity contribution in [3.05, 3.63) is 34.6 Å². The highest BCUT2D eigenvalue weighted by molar-refractivity contribution is 6.31. The highest BCUT2D eigenvalue weighted by Crippen LogP contribution is 2.17. The molecular weight excluding hydrogens is 249 g/mol. The van der Waals surface area contributed by atoms with Gasteiger partial charge in [-0.15, -0.1) is 0 Å². The van der Waals surface area contributed by atoms with Crippen molar-refractivity contribution in [2.75, 3.05) is 6.54 Å². The fourth-order valence-corrected chi connectivity index (χ4v) is 1.28. The molecule has 0 heterocycles. The van der Waals surface area contributed by atoms with Gasteiger partial charge in [0, 0.05) is 6.54 Å². The third-order valence-corrected chi connectivity index (χ3v) is 2.48. The number of hydrogen-bond donors (Lipinski definition) is 2. The summed E-state index contributed by atoms with van der Waals surface area (Å²) in [6.07, 6.45) is 0. The molecule has 1 aromatic rings. The molecule has 0 aliphatic heterocycles. The lowest BCUT2D eigenvalue weighted by molar-refractivity contribution is -0.140. The van der Waals surface area contributed by atoms with Crippen molar-refractivity contribution in [3.63, 3.8) is 0 Å². The van der Waals surface area contributed by atoms with Crippen molar-refractivity contribution in [1.29, 1.82) is 0 Å². The van der Waals surface area contributed by atoms with Crippen LogP contribution in [0.5, 0.6) is 0 Å². The van der Waals surface area contributed by atoms with E-state index < -0.39 is 23.6 Å². The van der Waals surface area contributed by atoms with Gasteiger partial charge in [0.05, 0.1) is 16.5 Å². The van der Waals surface area contributed by atoms with Gasteiger partial charge in [-0.2, -0.15) is 0 Å². The number of halogens is 2. The Morgan fingerprint density at radius 2 is 2.18 bits per heavy atom. The van der Waals surface area contributed by atoms with Crippen LogP contribution in [0.3, 0.4) is 0 Å². The molecule has 17 heavy (non-hydrogen) atoms. The normalized spacial score (nSPS) is 11.9. The first-order chi connectivity index (χ1) is 7.93. The average Bonchev–Trinajstić information content (AvgIpc) is 2.29. The van der Waals surface area contributed by atoms with E-state index in [2.05, 4.69) is 5.32 Å². The van der Waals surface area contributed by atoms with Gasteiger partial charge < -0.3 is 10.4 Å². The minimum Gasteiger partial charge on any atom is -0.481 e. The van der Waals surface area contributed by atoms with E-state index in [1.807, 2.05) is 0 Å². The van der Waals surface area contributed by atoms with Crippen molar-refractivity contribution >= 4 is 23.5 Å². The van der Waals surface area contributed by atoms with Crippen LogP contribution < -0.4 is 5.32 Å². The van der Waals surface area contributed by atoms with E-state index in [1.165, 1.54) is 25.1 Å². The van der Waals surface area contributed by atoms with Gasteiger partial charge in [0.15, 0.2) is 5.82 Å². The summed E-state index contributed by atoms with van der Waals surface area (Å²) in [4.78, 5) is 22.1. The van der Waals surface area contributed by atoms with Crippen molar-refractivity contribution in [1.82, 2.24) is 5.32 Å². The molecule has 0 saturated heterocycles. The number of carboxylic acid groups (broad SMARTS) is 1. The third-order valence-electron chi connectivity index (χ3n) is 2.19. The Morgan fingerprint density at radius 3 is 2.76 bits per heavy atom. The van der Waals surface area contributed by atoms with Gasteiger partial charge >= 0.3 is 5.97 Å². The lowest BCUT2D eigenvalue weighted by atomic mass is 10.1. The first kappa shape index (κ1) is 13.4. The fourth-order valence-electron chi connectivity index (χ4n) is 1.11. The molecule has 0 saturated carbocycles. The van der Waals surface area contributed by atoms with Gasteiger partial charge in [0.25, 0.3) is 5.91 Å². The average molecular weight is 260 g/mol. The standard InChI is InChI=1S/C11H11ClFNO3/c1-6(11(16)17)5-14-10(15)7-3-2-4-8(12)9(7)13/h2-4,6H,5H2,1H3,(H,14,15)(H,16,17). The summed E-state index contributed by atoms with van der Waals surface area (Å²) in [6.45, 7) is 1.37. The number of carbonyl (C=O) groups is 2. The van der Waals surface area contributed by atoms with Crippen LogP contribution in [0.2, 0.25) is 5.02 Å². The molecule has 1 rings (SSSR count). The summed E-state index contributed by atoms with van der Waals surface area (Å²) >= 11 is 5.52. The van der Waals surface area contributed by atoms with E-state index in [-0.39, 0.29) is 17.1 Å². The van der Waals surface area contributed by atoms with Crippen LogP contribution in [0, 0.1) is 11.7 Å². The maximum absolute atomic E-state index is 13.4. The summed E-state index contributed by atoms with van der Waals surface area (Å²) < 4.78 is 13.4. The Kier molecular flexibility index (Phi) is 4.45. The summed E-state index contributed by atoms with van der Waals surface area (Å²) in [5, 5.41) is 10.8. The van der Waals surface area contributed by atoms with E-state index in [0.29, 0.717) is 0 Å². The van der Waals surface area contributed by atoms with E-state index >= 15 is 0 Å². The molecule has 92 valence electrons. The van der Waals surface area contributed by atoms with Gasteiger partial charge in [-0.3, -0.25) is 9.59 Å². The molecule has 1 unspecified atom stereocenters. The predicted molar refractivity (Wildman–Crippen MR) is 60.5 cm³/mol. The topological polar surface area (TPSA) is 66.4 Å². The number of rotatable bonds is 4. The first-order valence-electron chi connectivity index (χ1n) is 4.88. The first-order valence-corrected chi connectivity index (χ1v) is 5.26. The number of nitrogens with one attached hydrogen (secondary N) is 1. The van der Waals surface area contributed by atoms with Crippen molar-refractivity contribution in [2.24, 2.45) is 5.92 Å². The number of benzene rings is 1. The lowest BCUT2D eigenvalue weighted by Gasteiger charge is -2.09. The van der Waals surface area contributed by atoms with Crippen molar-refractivity contribution in [3.8, 4) is 0 Å². The van der Waals surface area contributed by atoms with Crippen LogP contribution >= 0.6 is 11.6 Å². The van der Waals surface area contributed by atoms with Crippen molar-refractivity contribution < 1.29 is 19.1 Å². The molecule has 0 aliphatic carbocycles. The maximum Gasteiger partial charge on any atom is 0.308 e. The van der Waals surface area contributed by atoms with E-state index in [0.717, 1.165) is 0 Å². The largest absolute Gasteiger partial charge is 0.481 e. The Morgan fingerprint density at radius 1 is 1.53 bits per heavy atom. The summed E-state index contributed by atoms with van der Waals surface area (Å²) in [6, 6.07) is 4.05. The van der Waals surface area contributed by atoms with Gasteiger partial charge in [0.2, 0.25) is 0 Å². The van der Waals surface area contributed by atoms with Gasteiger partial charge in [-0.25, -0.2) is 4.39 Å². The Balaban J connectivity index is 2.71. The number of carboxylic acids is 1. The Bertz CT molecular complexity index is 450. The quantitative estimate of drug-likeness (QED) is 0.868. The molecule has 0 aromatic heterocycles. The second-order valence-corrected chi connectivity index (χ2v) is 3.96. The highest BCUT2D eigenvalue weighted by atomic mass is 35.5. The van der Waals surface area contributed by atoms with E-state index in [1.54, 1.807) is 0 Å². The zero-order chi connectivity index (χ0) is 13.0. The zero-order valence-electron chi connectivity index (χ0n) is 9.04. The van der Waals surface area contributed by atoms with Crippen LogP contribution in [-0.4, -0.2) is 23.5 Å². The van der Waals surface area contributed by atoms with Crippen LogP contribution in [-0.2, 0) is 4.79 Å².